The van der Waals surface area contributed by atoms with Crippen molar-refractivity contribution in [3.8, 4) is 0 Å². The van der Waals surface area contributed by atoms with Crippen molar-refractivity contribution in [2.24, 2.45) is 5.41 Å². The Morgan fingerprint density at radius 1 is 0.846 bits per heavy atom. The zero-order valence-electron chi connectivity index (χ0n) is 9.94. The maximum Gasteiger partial charge on any atom is 0.0707 e. The van der Waals surface area contributed by atoms with Gasteiger partial charge < -0.3 is 9.47 Å². The topological polar surface area (TPSA) is 18.5 Å². The Balaban J connectivity index is 3.28. The van der Waals surface area contributed by atoms with Gasteiger partial charge in [-0.05, 0) is 26.2 Å². The fraction of sp³-hybridized carbons (Fsp3) is 1.00. The van der Waals surface area contributed by atoms with Crippen LogP contribution in [0.4, 0.5) is 0 Å². The first-order valence-corrected chi connectivity index (χ1v) is 4.92. The second-order valence-electron chi connectivity index (χ2n) is 5.57. The van der Waals surface area contributed by atoms with E-state index in [1.54, 1.807) is 0 Å². The number of hydrogen-bond donors (Lipinski definition) is 0. The molecule has 0 spiro atoms. The van der Waals surface area contributed by atoms with Crippen LogP contribution in [0.5, 0.6) is 0 Å². The standard InChI is InChI=1S/C11H24O2/c1-10(2,3)9-12-7-8-13-11(4,5)6/h7-9H2,1-6H3. The van der Waals surface area contributed by atoms with E-state index in [0.717, 1.165) is 6.61 Å². The van der Waals surface area contributed by atoms with Crippen LogP contribution in [0.3, 0.4) is 0 Å². The van der Waals surface area contributed by atoms with Crippen molar-refractivity contribution in [1.82, 2.24) is 0 Å². The van der Waals surface area contributed by atoms with Crippen LogP contribution in [0.2, 0.25) is 0 Å². The minimum absolute atomic E-state index is 0.0505. The molecule has 0 fully saturated rings. The first-order chi connectivity index (χ1) is 5.71. The highest BCUT2D eigenvalue weighted by atomic mass is 16.5. The van der Waals surface area contributed by atoms with Crippen LogP contribution < -0.4 is 0 Å². The Kier molecular flexibility index (Phi) is 4.93. The minimum Gasteiger partial charge on any atom is -0.379 e. The van der Waals surface area contributed by atoms with Crippen LogP contribution >= 0.6 is 0 Å². The lowest BCUT2D eigenvalue weighted by Gasteiger charge is -2.21. The van der Waals surface area contributed by atoms with Crippen LogP contribution in [0.25, 0.3) is 0 Å². The predicted molar refractivity (Wildman–Crippen MR) is 56.0 cm³/mol. The molecular weight excluding hydrogens is 164 g/mol. The lowest BCUT2D eigenvalue weighted by molar-refractivity contribution is -0.0438. The van der Waals surface area contributed by atoms with Crippen molar-refractivity contribution >= 4 is 0 Å². The van der Waals surface area contributed by atoms with Crippen molar-refractivity contribution in [3.05, 3.63) is 0 Å². The highest BCUT2D eigenvalue weighted by Gasteiger charge is 2.11. The van der Waals surface area contributed by atoms with Crippen LogP contribution in [0, 0.1) is 5.41 Å². The normalized spacial score (nSPS) is 13.4. The van der Waals surface area contributed by atoms with Crippen LogP contribution in [-0.2, 0) is 9.47 Å². The predicted octanol–water partition coefficient (Wildman–Crippen LogP) is 2.86. The number of hydrogen-bond acceptors (Lipinski definition) is 2. The molecule has 0 aliphatic carbocycles. The molecule has 0 saturated heterocycles. The van der Waals surface area contributed by atoms with Gasteiger partial charge >= 0.3 is 0 Å². The molecule has 0 amide bonds. The summed E-state index contributed by atoms with van der Waals surface area (Å²) in [6, 6.07) is 0. The van der Waals surface area contributed by atoms with Gasteiger partial charge in [-0.1, -0.05) is 20.8 Å². The Morgan fingerprint density at radius 3 is 1.77 bits per heavy atom. The van der Waals surface area contributed by atoms with E-state index in [1.165, 1.54) is 0 Å². The molecule has 0 unspecified atom stereocenters. The van der Waals surface area contributed by atoms with Crippen molar-refractivity contribution in [2.45, 2.75) is 47.1 Å². The molecule has 0 aliphatic rings. The lowest BCUT2D eigenvalue weighted by Crippen LogP contribution is -2.23. The third-order valence-electron chi connectivity index (χ3n) is 1.30. The van der Waals surface area contributed by atoms with Gasteiger partial charge in [-0.3, -0.25) is 0 Å². The molecule has 0 N–H and O–H groups in total. The average molecular weight is 188 g/mol. The van der Waals surface area contributed by atoms with Crippen LogP contribution in [0.15, 0.2) is 0 Å². The Bertz CT molecular complexity index is 112. The second kappa shape index (κ2) is 4.97. The van der Waals surface area contributed by atoms with Crippen LogP contribution in [0.1, 0.15) is 41.5 Å². The van der Waals surface area contributed by atoms with E-state index in [9.17, 15) is 0 Å². The molecule has 2 heteroatoms. The SMILES string of the molecule is CC(C)(C)COCCOC(C)(C)C. The molecule has 0 rings (SSSR count). The van der Waals surface area contributed by atoms with Crippen LogP contribution in [-0.4, -0.2) is 25.4 Å². The van der Waals surface area contributed by atoms with E-state index in [1.807, 2.05) is 0 Å². The van der Waals surface area contributed by atoms with E-state index in [0.29, 0.717) is 13.2 Å². The van der Waals surface area contributed by atoms with Gasteiger partial charge in [0, 0.05) is 0 Å². The summed E-state index contributed by atoms with van der Waals surface area (Å²) in [5, 5.41) is 0. The summed E-state index contributed by atoms with van der Waals surface area (Å²) in [4.78, 5) is 0. The zero-order chi connectivity index (χ0) is 10.5. The molecule has 13 heavy (non-hydrogen) atoms. The minimum atomic E-state index is -0.0505. The summed E-state index contributed by atoms with van der Waals surface area (Å²) in [5.74, 6) is 0. The number of rotatable bonds is 4. The molecule has 80 valence electrons. The third-order valence-corrected chi connectivity index (χ3v) is 1.30. The summed E-state index contributed by atoms with van der Waals surface area (Å²) in [7, 11) is 0. The van der Waals surface area contributed by atoms with Gasteiger partial charge in [0.05, 0.1) is 25.4 Å². The first-order valence-electron chi connectivity index (χ1n) is 4.92. The van der Waals surface area contributed by atoms with E-state index in [-0.39, 0.29) is 11.0 Å². The van der Waals surface area contributed by atoms with Gasteiger partial charge in [-0.15, -0.1) is 0 Å². The molecule has 0 aromatic heterocycles. The summed E-state index contributed by atoms with van der Waals surface area (Å²) in [6.07, 6.45) is 0. The Hall–Kier alpha value is -0.0800. The van der Waals surface area contributed by atoms with Gasteiger partial charge in [-0.2, -0.15) is 0 Å². The summed E-state index contributed by atoms with van der Waals surface area (Å²) >= 11 is 0. The summed E-state index contributed by atoms with van der Waals surface area (Å²) in [5.41, 5.74) is 0.201. The highest BCUT2D eigenvalue weighted by Crippen LogP contribution is 2.12. The molecule has 0 atom stereocenters. The molecule has 2 nitrogen and oxygen atoms in total. The molecule has 0 bridgehead atoms. The second-order valence-corrected chi connectivity index (χ2v) is 5.57. The van der Waals surface area contributed by atoms with E-state index in [2.05, 4.69) is 41.5 Å². The molecule has 0 saturated carbocycles. The van der Waals surface area contributed by atoms with Gasteiger partial charge in [0.1, 0.15) is 0 Å². The van der Waals surface area contributed by atoms with E-state index in [4.69, 9.17) is 9.47 Å². The molecule has 0 aromatic carbocycles. The molecule has 0 heterocycles. The summed E-state index contributed by atoms with van der Waals surface area (Å²) < 4.78 is 11.0. The van der Waals surface area contributed by atoms with Crippen molar-refractivity contribution in [1.29, 1.82) is 0 Å². The van der Waals surface area contributed by atoms with Gasteiger partial charge in [0.15, 0.2) is 0 Å². The Labute approximate surface area is 82.6 Å². The van der Waals surface area contributed by atoms with Crippen molar-refractivity contribution in [2.75, 3.05) is 19.8 Å². The third kappa shape index (κ3) is 11.9. The molecular formula is C11H24O2. The fourth-order valence-corrected chi connectivity index (χ4v) is 0.785. The lowest BCUT2D eigenvalue weighted by atomic mass is 9.99. The van der Waals surface area contributed by atoms with Gasteiger partial charge in [0.25, 0.3) is 0 Å². The van der Waals surface area contributed by atoms with E-state index >= 15 is 0 Å². The van der Waals surface area contributed by atoms with Gasteiger partial charge in [-0.25, -0.2) is 0 Å². The quantitative estimate of drug-likeness (QED) is 0.632. The maximum atomic E-state index is 5.52. The summed E-state index contributed by atoms with van der Waals surface area (Å²) in [6.45, 7) is 14.8. The van der Waals surface area contributed by atoms with Crippen molar-refractivity contribution in [3.63, 3.8) is 0 Å². The van der Waals surface area contributed by atoms with Gasteiger partial charge in [0.2, 0.25) is 0 Å². The molecule has 0 radical (unpaired) electrons. The number of ether oxygens (including phenoxy) is 2. The maximum absolute atomic E-state index is 5.52. The fourth-order valence-electron chi connectivity index (χ4n) is 0.785. The Morgan fingerprint density at radius 2 is 1.38 bits per heavy atom. The highest BCUT2D eigenvalue weighted by molar-refractivity contribution is 4.60. The molecule has 0 aromatic rings. The average Bonchev–Trinajstić information content (AvgIpc) is 1.81. The smallest absolute Gasteiger partial charge is 0.0707 e. The molecule has 0 aliphatic heterocycles. The first kappa shape index (κ1) is 12.9. The van der Waals surface area contributed by atoms with Crippen molar-refractivity contribution < 1.29 is 9.47 Å². The monoisotopic (exact) mass is 188 g/mol. The largest absolute Gasteiger partial charge is 0.379 e. The van der Waals surface area contributed by atoms with E-state index < -0.39 is 0 Å². The zero-order valence-corrected chi connectivity index (χ0v) is 9.94.